The standard InChI is InChI=1S/C16H23NO4/c1-2-9-7-12-13(8-9)15(19)17(14(12)18)11-5-3-10(4-6-11)16(20)21/h9-13H,2-8H2,1H3,(H,20,21). The molecule has 0 spiro atoms. The molecule has 3 fully saturated rings. The van der Waals surface area contributed by atoms with Gasteiger partial charge in [0.1, 0.15) is 0 Å². The van der Waals surface area contributed by atoms with E-state index in [-0.39, 0.29) is 35.6 Å². The second kappa shape index (κ2) is 5.43. The summed E-state index contributed by atoms with van der Waals surface area (Å²) in [4.78, 5) is 37.6. The van der Waals surface area contributed by atoms with Crippen LogP contribution >= 0.6 is 0 Å². The molecule has 1 saturated heterocycles. The van der Waals surface area contributed by atoms with Gasteiger partial charge in [0.15, 0.2) is 0 Å². The van der Waals surface area contributed by atoms with Gasteiger partial charge in [-0.25, -0.2) is 0 Å². The molecule has 0 aromatic heterocycles. The van der Waals surface area contributed by atoms with Crippen LogP contribution in [0.5, 0.6) is 0 Å². The van der Waals surface area contributed by atoms with Crippen LogP contribution in [0.15, 0.2) is 0 Å². The molecule has 5 heteroatoms. The van der Waals surface area contributed by atoms with Crippen LogP contribution in [0.3, 0.4) is 0 Å². The maximum Gasteiger partial charge on any atom is 0.306 e. The number of nitrogens with zero attached hydrogens (tertiary/aromatic N) is 1. The third-order valence-corrected chi connectivity index (χ3v) is 5.76. The van der Waals surface area contributed by atoms with Crippen molar-refractivity contribution in [1.82, 2.24) is 4.90 Å². The Balaban J connectivity index is 1.67. The first-order valence-electron chi connectivity index (χ1n) is 8.12. The predicted molar refractivity (Wildman–Crippen MR) is 75.2 cm³/mol. The Hall–Kier alpha value is -1.39. The Bertz CT molecular complexity index is 443. The van der Waals surface area contributed by atoms with E-state index in [1.807, 2.05) is 0 Å². The molecule has 0 aromatic rings. The topological polar surface area (TPSA) is 74.7 Å². The Morgan fingerprint density at radius 1 is 1.10 bits per heavy atom. The molecule has 2 aliphatic carbocycles. The van der Waals surface area contributed by atoms with Crippen molar-refractivity contribution in [2.24, 2.45) is 23.7 Å². The van der Waals surface area contributed by atoms with Crippen molar-refractivity contribution in [2.45, 2.75) is 57.9 Å². The summed E-state index contributed by atoms with van der Waals surface area (Å²) in [6.45, 7) is 2.12. The molecular weight excluding hydrogens is 270 g/mol. The molecule has 1 aliphatic heterocycles. The van der Waals surface area contributed by atoms with Crippen molar-refractivity contribution in [1.29, 1.82) is 0 Å². The van der Waals surface area contributed by atoms with Crippen LogP contribution in [0.4, 0.5) is 0 Å². The normalized spacial score (nSPS) is 39.7. The van der Waals surface area contributed by atoms with E-state index >= 15 is 0 Å². The number of imide groups is 1. The molecule has 1 N–H and O–H groups in total. The van der Waals surface area contributed by atoms with Gasteiger partial charge in [-0.3, -0.25) is 19.3 Å². The van der Waals surface area contributed by atoms with Gasteiger partial charge in [0.2, 0.25) is 11.8 Å². The minimum atomic E-state index is -0.754. The minimum absolute atomic E-state index is 0.0136. The third kappa shape index (κ3) is 2.36. The zero-order valence-corrected chi connectivity index (χ0v) is 12.5. The third-order valence-electron chi connectivity index (χ3n) is 5.76. The van der Waals surface area contributed by atoms with Crippen molar-refractivity contribution < 1.29 is 19.5 Å². The maximum atomic E-state index is 12.6. The molecule has 21 heavy (non-hydrogen) atoms. The van der Waals surface area contributed by atoms with Crippen molar-refractivity contribution in [3.05, 3.63) is 0 Å². The van der Waals surface area contributed by atoms with E-state index in [1.54, 1.807) is 0 Å². The van der Waals surface area contributed by atoms with Gasteiger partial charge in [-0.2, -0.15) is 0 Å². The van der Waals surface area contributed by atoms with E-state index in [4.69, 9.17) is 5.11 Å². The quantitative estimate of drug-likeness (QED) is 0.808. The molecular formula is C16H23NO4. The highest BCUT2D eigenvalue weighted by molar-refractivity contribution is 6.05. The van der Waals surface area contributed by atoms with Crippen LogP contribution in [0.2, 0.25) is 0 Å². The van der Waals surface area contributed by atoms with Gasteiger partial charge in [-0.1, -0.05) is 13.3 Å². The van der Waals surface area contributed by atoms with Gasteiger partial charge in [0.25, 0.3) is 0 Å². The van der Waals surface area contributed by atoms with Crippen molar-refractivity contribution >= 4 is 17.8 Å². The Kier molecular flexibility index (Phi) is 3.76. The summed E-state index contributed by atoms with van der Waals surface area (Å²) < 4.78 is 0. The molecule has 2 atom stereocenters. The van der Waals surface area contributed by atoms with Crippen LogP contribution in [0.1, 0.15) is 51.9 Å². The SMILES string of the molecule is CCC1CC2C(=O)N(C3CCC(C(=O)O)CC3)C(=O)C2C1. The Labute approximate surface area is 124 Å². The number of carbonyl (C=O) groups is 3. The average Bonchev–Trinajstić information content (AvgIpc) is 3.00. The summed E-state index contributed by atoms with van der Waals surface area (Å²) in [5.41, 5.74) is 0. The maximum absolute atomic E-state index is 12.6. The summed E-state index contributed by atoms with van der Waals surface area (Å²) in [7, 11) is 0. The number of likely N-dealkylation sites (tertiary alicyclic amines) is 1. The number of carboxylic acid groups (broad SMARTS) is 1. The van der Waals surface area contributed by atoms with Crippen LogP contribution in [0.25, 0.3) is 0 Å². The second-order valence-corrected chi connectivity index (χ2v) is 6.85. The van der Waals surface area contributed by atoms with E-state index in [2.05, 4.69) is 6.92 Å². The van der Waals surface area contributed by atoms with Crippen LogP contribution < -0.4 is 0 Å². The largest absolute Gasteiger partial charge is 0.481 e. The van der Waals surface area contributed by atoms with E-state index in [0.29, 0.717) is 31.6 Å². The number of carboxylic acids is 1. The minimum Gasteiger partial charge on any atom is -0.481 e. The fourth-order valence-electron chi connectivity index (χ4n) is 4.43. The molecule has 116 valence electrons. The molecule has 2 saturated carbocycles. The van der Waals surface area contributed by atoms with Crippen molar-refractivity contribution in [2.75, 3.05) is 0 Å². The number of hydrogen-bond donors (Lipinski definition) is 1. The number of rotatable bonds is 3. The lowest BCUT2D eigenvalue weighted by Crippen LogP contribution is -2.44. The average molecular weight is 293 g/mol. The molecule has 5 nitrogen and oxygen atoms in total. The first-order valence-corrected chi connectivity index (χ1v) is 8.12. The van der Waals surface area contributed by atoms with Crippen LogP contribution in [0, 0.1) is 23.7 Å². The molecule has 0 aromatic carbocycles. The van der Waals surface area contributed by atoms with Crippen LogP contribution in [-0.4, -0.2) is 33.8 Å². The summed E-state index contributed by atoms with van der Waals surface area (Å²) in [6.07, 6.45) is 5.18. The summed E-state index contributed by atoms with van der Waals surface area (Å²) in [5.74, 6) is -0.718. The molecule has 3 rings (SSSR count). The van der Waals surface area contributed by atoms with Crippen molar-refractivity contribution in [3.63, 3.8) is 0 Å². The highest BCUT2D eigenvalue weighted by Gasteiger charge is 2.54. The first-order chi connectivity index (χ1) is 10.0. The summed E-state index contributed by atoms with van der Waals surface area (Å²) in [6, 6.07) is -0.0636. The lowest BCUT2D eigenvalue weighted by molar-refractivity contribution is -0.146. The molecule has 2 unspecified atom stereocenters. The summed E-state index contributed by atoms with van der Waals surface area (Å²) >= 11 is 0. The lowest BCUT2D eigenvalue weighted by Gasteiger charge is -2.32. The number of fused-ring (bicyclic) bond motifs is 1. The summed E-state index contributed by atoms with van der Waals surface area (Å²) in [5, 5.41) is 9.03. The molecule has 0 bridgehead atoms. The molecule has 2 amide bonds. The van der Waals surface area contributed by atoms with Gasteiger partial charge in [-0.15, -0.1) is 0 Å². The van der Waals surface area contributed by atoms with E-state index in [1.165, 1.54) is 4.90 Å². The van der Waals surface area contributed by atoms with Crippen molar-refractivity contribution in [3.8, 4) is 0 Å². The van der Waals surface area contributed by atoms with Gasteiger partial charge >= 0.3 is 5.97 Å². The van der Waals surface area contributed by atoms with E-state index in [9.17, 15) is 14.4 Å². The molecule has 3 aliphatic rings. The monoisotopic (exact) mass is 293 g/mol. The smallest absolute Gasteiger partial charge is 0.306 e. The zero-order chi connectivity index (χ0) is 15.1. The van der Waals surface area contributed by atoms with E-state index < -0.39 is 5.97 Å². The highest BCUT2D eigenvalue weighted by atomic mass is 16.4. The van der Waals surface area contributed by atoms with Gasteiger partial charge in [0.05, 0.1) is 17.8 Å². The predicted octanol–water partition coefficient (Wildman–Crippen LogP) is 2.05. The van der Waals surface area contributed by atoms with Gasteiger partial charge in [-0.05, 0) is 44.4 Å². The number of aliphatic carboxylic acids is 1. The lowest BCUT2D eigenvalue weighted by atomic mass is 9.85. The van der Waals surface area contributed by atoms with Crippen LogP contribution in [-0.2, 0) is 14.4 Å². The Morgan fingerprint density at radius 2 is 1.62 bits per heavy atom. The van der Waals surface area contributed by atoms with Gasteiger partial charge in [0, 0.05) is 6.04 Å². The fourth-order valence-corrected chi connectivity index (χ4v) is 4.43. The van der Waals surface area contributed by atoms with Gasteiger partial charge < -0.3 is 5.11 Å². The first kappa shape index (κ1) is 14.5. The number of amides is 2. The fraction of sp³-hybridized carbons (Fsp3) is 0.812. The molecule has 1 heterocycles. The second-order valence-electron chi connectivity index (χ2n) is 6.85. The van der Waals surface area contributed by atoms with E-state index in [0.717, 1.165) is 19.3 Å². The number of carbonyl (C=O) groups excluding carboxylic acids is 2. The zero-order valence-electron chi connectivity index (χ0n) is 12.5. The molecule has 0 radical (unpaired) electrons. The highest BCUT2D eigenvalue weighted by Crippen LogP contribution is 2.46. The number of hydrogen-bond acceptors (Lipinski definition) is 3. The Morgan fingerprint density at radius 3 is 2.05 bits per heavy atom.